The minimum atomic E-state index is 0.640. The van der Waals surface area contributed by atoms with E-state index in [9.17, 15) is 0 Å². The lowest BCUT2D eigenvalue weighted by atomic mass is 10.4. The van der Waals surface area contributed by atoms with Crippen LogP contribution in [-0.4, -0.2) is 26.7 Å². The van der Waals surface area contributed by atoms with Crippen molar-refractivity contribution < 1.29 is 4.74 Å². The van der Waals surface area contributed by atoms with Crippen LogP contribution in [0.1, 0.15) is 13.3 Å². The van der Waals surface area contributed by atoms with Gasteiger partial charge in [0, 0.05) is 6.54 Å². The van der Waals surface area contributed by atoms with Crippen molar-refractivity contribution in [3.8, 4) is 0 Å². The molecule has 0 unspecified atom stereocenters. The number of ether oxygens (including phenoxy) is 1. The molecule has 0 aromatic heterocycles. The summed E-state index contributed by atoms with van der Waals surface area (Å²) in [5.74, 6) is 0.640. The quantitative estimate of drug-likeness (QED) is 0.422. The summed E-state index contributed by atoms with van der Waals surface area (Å²) >= 11 is 0. The second-order valence-corrected chi connectivity index (χ2v) is 2.26. The van der Waals surface area contributed by atoms with Gasteiger partial charge in [0.25, 0.3) is 0 Å². The molecule has 0 saturated carbocycles. The van der Waals surface area contributed by atoms with E-state index in [2.05, 4.69) is 24.1 Å². The lowest BCUT2D eigenvalue weighted by Gasteiger charge is -2.07. The van der Waals surface area contributed by atoms with E-state index in [4.69, 9.17) is 4.74 Å². The minimum Gasteiger partial charge on any atom is -0.483 e. The zero-order valence-electron chi connectivity index (χ0n) is 7.44. The van der Waals surface area contributed by atoms with Crippen molar-refractivity contribution in [3.63, 3.8) is 0 Å². The summed E-state index contributed by atoms with van der Waals surface area (Å²) in [7, 11) is 1.61. The van der Waals surface area contributed by atoms with Gasteiger partial charge < -0.3 is 15.4 Å². The van der Waals surface area contributed by atoms with Crippen LogP contribution >= 0.6 is 0 Å². The molecule has 0 aliphatic heterocycles. The molecule has 2 N–H and O–H groups in total. The van der Waals surface area contributed by atoms with Crippen molar-refractivity contribution >= 4 is 0 Å². The van der Waals surface area contributed by atoms with Crippen molar-refractivity contribution in [1.82, 2.24) is 10.6 Å². The molecule has 0 amide bonds. The highest BCUT2D eigenvalue weighted by Crippen LogP contribution is 1.82. The van der Waals surface area contributed by atoms with E-state index in [1.807, 2.05) is 0 Å². The molecule has 0 saturated heterocycles. The maximum atomic E-state index is 4.83. The minimum absolute atomic E-state index is 0.640. The van der Waals surface area contributed by atoms with Crippen LogP contribution in [0.3, 0.4) is 0 Å². The summed E-state index contributed by atoms with van der Waals surface area (Å²) in [6.07, 6.45) is 1.09. The van der Waals surface area contributed by atoms with Gasteiger partial charge in [-0.2, -0.15) is 0 Å². The summed E-state index contributed by atoms with van der Waals surface area (Å²) in [5, 5.41) is 6.26. The van der Waals surface area contributed by atoms with Crippen LogP contribution in [-0.2, 0) is 4.74 Å². The molecule has 0 bridgehead atoms. The third-order valence-corrected chi connectivity index (χ3v) is 1.35. The van der Waals surface area contributed by atoms with Crippen LogP contribution in [0.5, 0.6) is 0 Å². The molecule has 0 spiro atoms. The fourth-order valence-corrected chi connectivity index (χ4v) is 0.690. The second kappa shape index (κ2) is 7.41. The van der Waals surface area contributed by atoms with Crippen LogP contribution in [0.15, 0.2) is 12.5 Å². The molecule has 0 aromatic rings. The first-order chi connectivity index (χ1) is 5.31. The molecule has 3 heteroatoms. The van der Waals surface area contributed by atoms with E-state index in [-0.39, 0.29) is 0 Å². The van der Waals surface area contributed by atoms with Crippen molar-refractivity contribution in [2.45, 2.75) is 13.3 Å². The van der Waals surface area contributed by atoms with Gasteiger partial charge in [-0.25, -0.2) is 0 Å². The Hall–Kier alpha value is -0.700. The molecular formula is C8H18N2O. The number of hydrogen-bond acceptors (Lipinski definition) is 3. The van der Waals surface area contributed by atoms with E-state index in [0.717, 1.165) is 26.1 Å². The van der Waals surface area contributed by atoms with Crippen molar-refractivity contribution in [2.24, 2.45) is 0 Å². The summed E-state index contributed by atoms with van der Waals surface area (Å²) in [5.41, 5.74) is 0. The molecule has 0 fully saturated rings. The standard InChI is InChI=1S/C8H18N2O/c1-4-9-6-5-7-10-8(2)11-3/h9-10H,2,4-7H2,1,3H3. The zero-order valence-corrected chi connectivity index (χ0v) is 7.44. The fourth-order valence-electron chi connectivity index (χ4n) is 0.690. The summed E-state index contributed by atoms with van der Waals surface area (Å²) in [6, 6.07) is 0. The number of rotatable bonds is 7. The molecule has 0 rings (SSSR count). The normalized spacial score (nSPS) is 9.27. The van der Waals surface area contributed by atoms with E-state index in [1.54, 1.807) is 7.11 Å². The maximum Gasteiger partial charge on any atom is 0.178 e. The smallest absolute Gasteiger partial charge is 0.178 e. The Labute approximate surface area is 68.8 Å². The molecule has 66 valence electrons. The first-order valence-corrected chi connectivity index (χ1v) is 3.98. The first kappa shape index (κ1) is 10.3. The van der Waals surface area contributed by atoms with Gasteiger partial charge in [-0.15, -0.1) is 0 Å². The van der Waals surface area contributed by atoms with Gasteiger partial charge in [0.05, 0.1) is 7.11 Å². The second-order valence-electron chi connectivity index (χ2n) is 2.26. The Morgan fingerprint density at radius 3 is 2.73 bits per heavy atom. The van der Waals surface area contributed by atoms with Crippen LogP contribution in [0.4, 0.5) is 0 Å². The molecule has 11 heavy (non-hydrogen) atoms. The van der Waals surface area contributed by atoms with Gasteiger partial charge in [-0.05, 0) is 26.1 Å². The van der Waals surface area contributed by atoms with Crippen LogP contribution in [0.2, 0.25) is 0 Å². The Morgan fingerprint density at radius 2 is 2.18 bits per heavy atom. The lowest BCUT2D eigenvalue weighted by Crippen LogP contribution is -2.21. The number of hydrogen-bond donors (Lipinski definition) is 2. The molecule has 0 heterocycles. The van der Waals surface area contributed by atoms with Crippen molar-refractivity contribution in [1.29, 1.82) is 0 Å². The third kappa shape index (κ3) is 7.19. The van der Waals surface area contributed by atoms with E-state index < -0.39 is 0 Å². The predicted molar refractivity (Wildman–Crippen MR) is 47.3 cm³/mol. The largest absolute Gasteiger partial charge is 0.483 e. The average Bonchev–Trinajstić information content (AvgIpc) is 2.04. The highest BCUT2D eigenvalue weighted by Gasteiger charge is 1.88. The van der Waals surface area contributed by atoms with Gasteiger partial charge in [0.15, 0.2) is 5.88 Å². The molecule has 3 nitrogen and oxygen atoms in total. The molecule has 0 aliphatic carbocycles. The molecule has 0 radical (unpaired) electrons. The highest BCUT2D eigenvalue weighted by molar-refractivity contribution is 4.77. The summed E-state index contributed by atoms with van der Waals surface area (Å²) < 4.78 is 4.83. The highest BCUT2D eigenvalue weighted by atomic mass is 16.5. The molecule has 0 aromatic carbocycles. The Bertz CT molecular complexity index is 104. The van der Waals surface area contributed by atoms with Gasteiger partial charge in [-0.3, -0.25) is 0 Å². The van der Waals surface area contributed by atoms with Crippen LogP contribution < -0.4 is 10.6 Å². The van der Waals surface area contributed by atoms with Gasteiger partial charge >= 0.3 is 0 Å². The van der Waals surface area contributed by atoms with Gasteiger partial charge in [0.2, 0.25) is 0 Å². The topological polar surface area (TPSA) is 33.3 Å². The summed E-state index contributed by atoms with van der Waals surface area (Å²) in [6.45, 7) is 8.73. The van der Waals surface area contributed by atoms with Crippen molar-refractivity contribution in [3.05, 3.63) is 12.5 Å². The number of methoxy groups -OCH3 is 1. The van der Waals surface area contributed by atoms with Crippen molar-refractivity contribution in [2.75, 3.05) is 26.7 Å². The predicted octanol–water partition coefficient (Wildman–Crippen LogP) is 0.693. The van der Waals surface area contributed by atoms with E-state index in [0.29, 0.717) is 5.88 Å². The fraction of sp³-hybridized carbons (Fsp3) is 0.750. The van der Waals surface area contributed by atoms with E-state index >= 15 is 0 Å². The first-order valence-electron chi connectivity index (χ1n) is 3.98. The summed E-state index contributed by atoms with van der Waals surface area (Å²) in [4.78, 5) is 0. The van der Waals surface area contributed by atoms with Gasteiger partial charge in [-0.1, -0.05) is 6.92 Å². The lowest BCUT2D eigenvalue weighted by molar-refractivity contribution is 0.263. The zero-order chi connectivity index (χ0) is 8.53. The SMILES string of the molecule is C=C(NCCCNCC)OC. The van der Waals surface area contributed by atoms with Gasteiger partial charge in [0.1, 0.15) is 0 Å². The Morgan fingerprint density at radius 1 is 1.45 bits per heavy atom. The van der Waals surface area contributed by atoms with Crippen LogP contribution in [0, 0.1) is 0 Å². The monoisotopic (exact) mass is 158 g/mol. The third-order valence-electron chi connectivity index (χ3n) is 1.35. The molecule has 0 aliphatic rings. The average molecular weight is 158 g/mol. The Balaban J connectivity index is 2.95. The van der Waals surface area contributed by atoms with Crippen LogP contribution in [0.25, 0.3) is 0 Å². The Kier molecular flexibility index (Phi) is 6.94. The van der Waals surface area contributed by atoms with E-state index in [1.165, 1.54) is 0 Å². The molecule has 0 atom stereocenters. The molecular weight excluding hydrogens is 140 g/mol. The maximum absolute atomic E-state index is 4.83. The number of nitrogens with one attached hydrogen (secondary N) is 2.